The summed E-state index contributed by atoms with van der Waals surface area (Å²) in [6.07, 6.45) is 5.56. The van der Waals surface area contributed by atoms with Crippen LogP contribution in [0.2, 0.25) is 0 Å². The summed E-state index contributed by atoms with van der Waals surface area (Å²) in [7, 11) is -4.03. The maximum absolute atomic E-state index is 12.1. The van der Waals surface area contributed by atoms with Crippen molar-refractivity contribution in [1.82, 2.24) is 14.9 Å². The number of H-pyrrole nitrogens is 1. The molecule has 0 bridgehead atoms. The van der Waals surface area contributed by atoms with E-state index in [2.05, 4.69) is 24.1 Å². The zero-order chi connectivity index (χ0) is 19.3. The predicted molar refractivity (Wildman–Crippen MR) is 101 cm³/mol. The van der Waals surface area contributed by atoms with Crippen molar-refractivity contribution in [3.05, 3.63) is 26.9 Å². The van der Waals surface area contributed by atoms with Crippen LogP contribution >= 0.6 is 12.2 Å². The summed E-state index contributed by atoms with van der Waals surface area (Å²) in [5.74, 6) is 0.192. The van der Waals surface area contributed by atoms with Crippen molar-refractivity contribution in [2.24, 2.45) is 5.92 Å². The second-order valence-electron chi connectivity index (χ2n) is 6.82. The second-order valence-corrected chi connectivity index (χ2v) is 8.78. The minimum Gasteiger partial charge on any atom is -0.355 e. The Morgan fingerprint density at radius 2 is 2.23 bits per heavy atom. The Labute approximate surface area is 158 Å². The molecule has 0 amide bonds. The number of rotatable bonds is 9. The summed E-state index contributed by atoms with van der Waals surface area (Å²) < 4.78 is 38.4. The Hall–Kier alpha value is -1.07. The van der Waals surface area contributed by atoms with Crippen LogP contribution in [-0.2, 0) is 21.4 Å². The topological polar surface area (TPSA) is 113 Å². The fourth-order valence-corrected chi connectivity index (χ4v) is 3.64. The molecule has 1 saturated heterocycles. The van der Waals surface area contributed by atoms with Gasteiger partial charge in [-0.15, -0.1) is 0 Å². The summed E-state index contributed by atoms with van der Waals surface area (Å²) in [5, 5.41) is 2.83. The Morgan fingerprint density at radius 3 is 2.88 bits per heavy atom. The molecule has 8 nitrogen and oxygen atoms in total. The van der Waals surface area contributed by atoms with E-state index in [1.807, 2.05) is 0 Å². The number of hydrogen-bond acceptors (Lipinski definition) is 6. The monoisotopic (exact) mass is 405 g/mol. The predicted octanol–water partition coefficient (Wildman–Crippen LogP) is 2.00. The third-order valence-electron chi connectivity index (χ3n) is 4.65. The summed E-state index contributed by atoms with van der Waals surface area (Å²) >= 11 is 5.26. The van der Waals surface area contributed by atoms with Crippen LogP contribution < -0.4 is 10.9 Å². The summed E-state index contributed by atoms with van der Waals surface area (Å²) in [6.45, 7) is 4.59. The minimum absolute atomic E-state index is 0.0464. The first-order valence-corrected chi connectivity index (χ1v) is 10.9. The smallest absolute Gasteiger partial charge is 0.266 e. The van der Waals surface area contributed by atoms with Crippen LogP contribution in [0.1, 0.15) is 51.3 Å². The zero-order valence-electron chi connectivity index (χ0n) is 15.1. The average Bonchev–Trinajstić information content (AvgIpc) is 3.00. The van der Waals surface area contributed by atoms with Crippen molar-refractivity contribution in [2.45, 2.75) is 58.4 Å². The standard InChI is InChI=1S/C16H27N3O5S2/c1-3-11(2)8-13-4-5-14(24-13)19-10-12(15(20)18-16(19)25)9-17-6-7-26(21,22)23/h10-11,13-14,17H,3-9H2,1-2H3,(H,18,20,25)(H,21,22,23). The molecule has 0 radical (unpaired) electrons. The van der Waals surface area contributed by atoms with Crippen LogP contribution in [0.25, 0.3) is 0 Å². The Balaban J connectivity index is 2.03. The highest BCUT2D eigenvalue weighted by molar-refractivity contribution is 7.85. The highest BCUT2D eigenvalue weighted by atomic mass is 32.2. The molecule has 1 aromatic rings. The third kappa shape index (κ3) is 6.27. The summed E-state index contributed by atoms with van der Waals surface area (Å²) in [5.41, 5.74) is 0.114. The van der Waals surface area contributed by atoms with Crippen LogP contribution in [0, 0.1) is 10.7 Å². The van der Waals surface area contributed by atoms with Gasteiger partial charge in [-0.3, -0.25) is 18.9 Å². The fraction of sp³-hybridized carbons (Fsp3) is 0.750. The van der Waals surface area contributed by atoms with Crippen LogP contribution in [0.5, 0.6) is 0 Å². The van der Waals surface area contributed by atoms with E-state index in [1.54, 1.807) is 10.8 Å². The molecule has 0 spiro atoms. The maximum Gasteiger partial charge on any atom is 0.266 e. The maximum atomic E-state index is 12.1. The van der Waals surface area contributed by atoms with Gasteiger partial charge in [-0.25, -0.2) is 0 Å². The molecular weight excluding hydrogens is 378 g/mol. The molecule has 1 fully saturated rings. The van der Waals surface area contributed by atoms with Gasteiger partial charge in [-0.1, -0.05) is 20.3 Å². The zero-order valence-corrected chi connectivity index (χ0v) is 16.7. The SMILES string of the molecule is CCC(C)CC1CCC(n2cc(CNCCS(=O)(=O)O)c(=O)[nH]c2=S)O1. The van der Waals surface area contributed by atoms with Gasteiger partial charge in [0, 0.05) is 24.8 Å². The normalized spacial score (nSPS) is 21.8. The largest absolute Gasteiger partial charge is 0.355 e. The van der Waals surface area contributed by atoms with Crippen LogP contribution in [-0.4, -0.2) is 40.9 Å². The van der Waals surface area contributed by atoms with E-state index < -0.39 is 15.9 Å². The van der Waals surface area contributed by atoms with Crippen molar-refractivity contribution in [3.8, 4) is 0 Å². The number of hydrogen-bond donors (Lipinski definition) is 3. The quantitative estimate of drug-likeness (QED) is 0.327. The lowest BCUT2D eigenvalue weighted by molar-refractivity contribution is -0.00927. The van der Waals surface area contributed by atoms with E-state index in [1.165, 1.54) is 0 Å². The molecule has 26 heavy (non-hydrogen) atoms. The molecule has 3 unspecified atom stereocenters. The number of aromatic nitrogens is 2. The second kappa shape index (κ2) is 9.23. The van der Waals surface area contributed by atoms with E-state index in [0.29, 0.717) is 16.3 Å². The molecule has 1 aliphatic heterocycles. The van der Waals surface area contributed by atoms with Crippen LogP contribution in [0.15, 0.2) is 11.0 Å². The van der Waals surface area contributed by atoms with E-state index in [9.17, 15) is 13.2 Å². The highest BCUT2D eigenvalue weighted by Crippen LogP contribution is 2.32. The first kappa shape index (κ1) is 21.2. The van der Waals surface area contributed by atoms with Crippen molar-refractivity contribution in [3.63, 3.8) is 0 Å². The molecule has 2 heterocycles. The van der Waals surface area contributed by atoms with E-state index in [4.69, 9.17) is 21.5 Å². The first-order valence-electron chi connectivity index (χ1n) is 8.85. The molecule has 0 aromatic carbocycles. The van der Waals surface area contributed by atoms with Gasteiger partial charge < -0.3 is 10.1 Å². The van der Waals surface area contributed by atoms with Gasteiger partial charge in [0.15, 0.2) is 4.77 Å². The lowest BCUT2D eigenvalue weighted by atomic mass is 10.00. The van der Waals surface area contributed by atoms with Crippen molar-refractivity contribution >= 4 is 22.3 Å². The molecular formula is C16H27N3O5S2. The van der Waals surface area contributed by atoms with Gasteiger partial charge in [0.1, 0.15) is 6.23 Å². The fourth-order valence-electron chi connectivity index (χ4n) is 2.97. The Morgan fingerprint density at radius 1 is 1.50 bits per heavy atom. The van der Waals surface area contributed by atoms with Crippen molar-refractivity contribution < 1.29 is 17.7 Å². The molecule has 1 aliphatic rings. The lowest BCUT2D eigenvalue weighted by Gasteiger charge is -2.19. The van der Waals surface area contributed by atoms with Gasteiger partial charge >= 0.3 is 0 Å². The molecule has 3 atom stereocenters. The Kier molecular flexibility index (Phi) is 7.53. The summed E-state index contributed by atoms with van der Waals surface area (Å²) in [6, 6.07) is 0. The van der Waals surface area contributed by atoms with Crippen molar-refractivity contribution in [2.75, 3.05) is 12.3 Å². The number of nitrogens with zero attached hydrogens (tertiary/aromatic N) is 1. The molecule has 10 heteroatoms. The van der Waals surface area contributed by atoms with Gasteiger partial charge in [0.25, 0.3) is 15.7 Å². The molecule has 0 saturated carbocycles. The van der Waals surface area contributed by atoms with E-state index in [0.717, 1.165) is 25.7 Å². The first-order chi connectivity index (χ1) is 12.2. The highest BCUT2D eigenvalue weighted by Gasteiger charge is 2.27. The molecule has 3 N–H and O–H groups in total. The van der Waals surface area contributed by atoms with Gasteiger partial charge in [0.2, 0.25) is 0 Å². The number of nitrogens with one attached hydrogen (secondary N) is 2. The van der Waals surface area contributed by atoms with Crippen LogP contribution in [0.3, 0.4) is 0 Å². The van der Waals surface area contributed by atoms with Crippen LogP contribution in [0.4, 0.5) is 0 Å². The van der Waals surface area contributed by atoms with Crippen molar-refractivity contribution in [1.29, 1.82) is 0 Å². The van der Waals surface area contributed by atoms with Gasteiger partial charge in [-0.05, 0) is 37.4 Å². The van der Waals surface area contributed by atoms with E-state index >= 15 is 0 Å². The summed E-state index contributed by atoms with van der Waals surface area (Å²) in [4.78, 5) is 14.7. The lowest BCUT2D eigenvalue weighted by Crippen LogP contribution is -2.28. The minimum atomic E-state index is -4.03. The Bertz CT molecular complexity index is 818. The third-order valence-corrected chi connectivity index (χ3v) is 5.68. The van der Waals surface area contributed by atoms with Gasteiger partial charge in [-0.2, -0.15) is 8.42 Å². The average molecular weight is 406 g/mol. The molecule has 1 aromatic heterocycles. The molecule has 0 aliphatic carbocycles. The molecule has 148 valence electrons. The van der Waals surface area contributed by atoms with E-state index in [-0.39, 0.29) is 31.0 Å². The van der Waals surface area contributed by atoms with Gasteiger partial charge in [0.05, 0.1) is 11.9 Å². The number of aromatic amines is 1. The number of ether oxygens (including phenoxy) is 1. The molecule has 2 rings (SSSR count).